The number of hydrogen-bond donors (Lipinski definition) is 2. The lowest BCUT2D eigenvalue weighted by Crippen LogP contribution is -2.20. The lowest BCUT2D eigenvalue weighted by Gasteiger charge is -2.16. The van der Waals surface area contributed by atoms with E-state index in [1.807, 2.05) is 19.9 Å². The Bertz CT molecular complexity index is 592. The van der Waals surface area contributed by atoms with Gasteiger partial charge in [0.25, 0.3) is 0 Å². The maximum absolute atomic E-state index is 11.4. The van der Waals surface area contributed by atoms with Crippen molar-refractivity contribution in [3.05, 3.63) is 50.7 Å². The molecule has 2 rings (SSSR count). The molecule has 1 aromatic carbocycles. The molecule has 0 fully saturated rings. The van der Waals surface area contributed by atoms with Gasteiger partial charge in [-0.1, -0.05) is 11.6 Å². The Morgan fingerprint density at radius 2 is 1.95 bits per heavy atom. The molecule has 0 bridgehead atoms. The summed E-state index contributed by atoms with van der Waals surface area (Å²) >= 11 is 7.42. The van der Waals surface area contributed by atoms with Gasteiger partial charge in [-0.2, -0.15) is 0 Å². The van der Waals surface area contributed by atoms with E-state index < -0.39 is 12.0 Å². The van der Waals surface area contributed by atoms with Gasteiger partial charge in [-0.25, -0.2) is 4.79 Å². The zero-order chi connectivity index (χ0) is 14.0. The van der Waals surface area contributed by atoms with Crippen LogP contribution in [-0.4, -0.2) is 11.1 Å². The van der Waals surface area contributed by atoms with Gasteiger partial charge in [-0.3, -0.25) is 0 Å². The highest BCUT2D eigenvalue weighted by molar-refractivity contribution is 7.12. The number of rotatable bonds is 4. The van der Waals surface area contributed by atoms with Gasteiger partial charge in [0, 0.05) is 20.5 Å². The summed E-state index contributed by atoms with van der Waals surface area (Å²) in [6.45, 7) is 3.91. The van der Waals surface area contributed by atoms with Crippen molar-refractivity contribution in [2.45, 2.75) is 19.9 Å². The summed E-state index contributed by atoms with van der Waals surface area (Å²) in [6, 6.07) is 8.18. The molecule has 1 atom stereocenters. The predicted molar refractivity (Wildman–Crippen MR) is 79.2 cm³/mol. The van der Waals surface area contributed by atoms with E-state index in [2.05, 4.69) is 5.32 Å². The summed E-state index contributed by atoms with van der Waals surface area (Å²) in [6.07, 6.45) is 0. The lowest BCUT2D eigenvalue weighted by molar-refractivity contribution is -0.138. The summed E-state index contributed by atoms with van der Waals surface area (Å²) in [5.74, 6) is -0.893. The molecule has 0 aliphatic carbocycles. The molecule has 0 radical (unpaired) electrons. The van der Waals surface area contributed by atoms with Crippen molar-refractivity contribution >= 4 is 34.6 Å². The smallest absolute Gasteiger partial charge is 0.330 e. The number of anilines is 1. The standard InChI is InChI=1S/C14H14ClNO2S/c1-8-7-12(9(2)19-8)13(14(17)18)16-11-5-3-10(15)4-6-11/h3-7,13,16H,1-2H3,(H,17,18). The minimum Gasteiger partial charge on any atom is -0.479 e. The van der Waals surface area contributed by atoms with Gasteiger partial charge < -0.3 is 10.4 Å². The van der Waals surface area contributed by atoms with Gasteiger partial charge in [0.05, 0.1) is 0 Å². The second kappa shape index (κ2) is 5.63. The van der Waals surface area contributed by atoms with Crippen molar-refractivity contribution in [2.75, 3.05) is 5.32 Å². The van der Waals surface area contributed by atoms with Crippen molar-refractivity contribution in [1.82, 2.24) is 0 Å². The van der Waals surface area contributed by atoms with E-state index in [1.165, 1.54) is 0 Å². The van der Waals surface area contributed by atoms with Gasteiger partial charge in [-0.05, 0) is 49.7 Å². The summed E-state index contributed by atoms with van der Waals surface area (Å²) in [7, 11) is 0. The Kier molecular flexibility index (Phi) is 4.12. The molecule has 0 spiro atoms. The summed E-state index contributed by atoms with van der Waals surface area (Å²) in [5.41, 5.74) is 1.55. The Hall–Kier alpha value is -1.52. The zero-order valence-electron chi connectivity index (χ0n) is 10.6. The molecule has 2 N–H and O–H groups in total. The summed E-state index contributed by atoms with van der Waals surface area (Å²) in [4.78, 5) is 13.6. The van der Waals surface area contributed by atoms with Crippen molar-refractivity contribution in [3.8, 4) is 0 Å². The van der Waals surface area contributed by atoms with Crippen molar-refractivity contribution in [1.29, 1.82) is 0 Å². The Morgan fingerprint density at radius 1 is 1.32 bits per heavy atom. The number of halogens is 1. The maximum Gasteiger partial charge on any atom is 0.330 e. The zero-order valence-corrected chi connectivity index (χ0v) is 12.2. The predicted octanol–water partition coefficient (Wildman–Crippen LogP) is 4.26. The van der Waals surface area contributed by atoms with Crippen molar-refractivity contribution in [2.24, 2.45) is 0 Å². The molecule has 2 aromatic rings. The van der Waals surface area contributed by atoms with E-state index in [9.17, 15) is 9.90 Å². The Balaban J connectivity index is 2.29. The fraction of sp³-hybridized carbons (Fsp3) is 0.214. The number of aryl methyl sites for hydroxylation is 2. The van der Waals surface area contributed by atoms with Crippen LogP contribution in [0.3, 0.4) is 0 Å². The SMILES string of the molecule is Cc1cc(C(Nc2ccc(Cl)cc2)C(=O)O)c(C)s1. The molecule has 1 heterocycles. The van der Waals surface area contributed by atoms with Crippen LogP contribution in [0, 0.1) is 13.8 Å². The molecule has 19 heavy (non-hydrogen) atoms. The van der Waals surface area contributed by atoms with Crippen LogP contribution in [-0.2, 0) is 4.79 Å². The fourth-order valence-electron chi connectivity index (χ4n) is 1.92. The Morgan fingerprint density at radius 3 is 2.42 bits per heavy atom. The monoisotopic (exact) mass is 295 g/mol. The molecular formula is C14H14ClNO2S. The normalized spacial score (nSPS) is 12.2. The second-order valence-electron chi connectivity index (χ2n) is 4.29. The first-order chi connectivity index (χ1) is 8.97. The van der Waals surface area contributed by atoms with E-state index in [4.69, 9.17) is 11.6 Å². The topological polar surface area (TPSA) is 49.3 Å². The maximum atomic E-state index is 11.4. The summed E-state index contributed by atoms with van der Waals surface area (Å²) < 4.78 is 0. The molecular weight excluding hydrogens is 282 g/mol. The average molecular weight is 296 g/mol. The van der Waals surface area contributed by atoms with E-state index in [-0.39, 0.29) is 0 Å². The molecule has 0 aliphatic rings. The number of nitrogens with one attached hydrogen (secondary N) is 1. The first-order valence-corrected chi connectivity index (χ1v) is 6.98. The second-order valence-corrected chi connectivity index (χ2v) is 6.19. The number of thiophene rings is 1. The van der Waals surface area contributed by atoms with E-state index in [0.29, 0.717) is 5.02 Å². The third-order valence-corrected chi connectivity index (χ3v) is 4.03. The molecule has 1 unspecified atom stereocenters. The van der Waals surface area contributed by atoms with E-state index in [0.717, 1.165) is 21.0 Å². The van der Waals surface area contributed by atoms with Crippen molar-refractivity contribution in [3.63, 3.8) is 0 Å². The van der Waals surface area contributed by atoms with Crippen LogP contribution in [0.4, 0.5) is 5.69 Å². The molecule has 0 aliphatic heterocycles. The highest BCUT2D eigenvalue weighted by Crippen LogP contribution is 2.29. The van der Waals surface area contributed by atoms with Gasteiger partial charge in [0.2, 0.25) is 0 Å². The van der Waals surface area contributed by atoms with Crippen LogP contribution in [0.15, 0.2) is 30.3 Å². The number of carboxylic acids is 1. The number of hydrogen-bond acceptors (Lipinski definition) is 3. The average Bonchev–Trinajstić information content (AvgIpc) is 2.67. The third-order valence-electron chi connectivity index (χ3n) is 2.79. The van der Waals surface area contributed by atoms with Gasteiger partial charge in [0.15, 0.2) is 6.04 Å². The first kappa shape index (κ1) is 13.9. The van der Waals surface area contributed by atoms with Crippen LogP contribution in [0.1, 0.15) is 21.4 Å². The molecule has 3 nitrogen and oxygen atoms in total. The fourth-order valence-corrected chi connectivity index (χ4v) is 3.01. The third kappa shape index (κ3) is 3.28. The van der Waals surface area contributed by atoms with Crippen LogP contribution < -0.4 is 5.32 Å². The van der Waals surface area contributed by atoms with Gasteiger partial charge in [0.1, 0.15) is 0 Å². The lowest BCUT2D eigenvalue weighted by atomic mass is 10.1. The van der Waals surface area contributed by atoms with Crippen LogP contribution in [0.2, 0.25) is 5.02 Å². The number of benzene rings is 1. The molecule has 0 amide bonds. The van der Waals surface area contributed by atoms with E-state index in [1.54, 1.807) is 35.6 Å². The number of aliphatic carboxylic acids is 1. The molecule has 5 heteroatoms. The minimum atomic E-state index is -0.893. The number of carboxylic acid groups (broad SMARTS) is 1. The van der Waals surface area contributed by atoms with Crippen LogP contribution in [0.5, 0.6) is 0 Å². The highest BCUT2D eigenvalue weighted by atomic mass is 35.5. The van der Waals surface area contributed by atoms with Crippen LogP contribution in [0.25, 0.3) is 0 Å². The molecule has 1 aromatic heterocycles. The minimum absolute atomic E-state index is 0.625. The summed E-state index contributed by atoms with van der Waals surface area (Å²) in [5, 5.41) is 13.0. The van der Waals surface area contributed by atoms with Gasteiger partial charge in [-0.15, -0.1) is 11.3 Å². The largest absolute Gasteiger partial charge is 0.479 e. The van der Waals surface area contributed by atoms with E-state index >= 15 is 0 Å². The molecule has 100 valence electrons. The molecule has 0 saturated carbocycles. The number of carbonyl (C=O) groups is 1. The van der Waals surface area contributed by atoms with Crippen molar-refractivity contribution < 1.29 is 9.90 Å². The first-order valence-electron chi connectivity index (χ1n) is 5.79. The van der Waals surface area contributed by atoms with Crippen LogP contribution >= 0.6 is 22.9 Å². The highest BCUT2D eigenvalue weighted by Gasteiger charge is 2.22. The Labute approximate surface area is 120 Å². The quantitative estimate of drug-likeness (QED) is 0.886. The van der Waals surface area contributed by atoms with Gasteiger partial charge >= 0.3 is 5.97 Å². The molecule has 0 saturated heterocycles.